The van der Waals surface area contributed by atoms with Crippen LogP contribution in [-0.2, 0) is 9.47 Å². The van der Waals surface area contributed by atoms with Gasteiger partial charge < -0.3 is 19.3 Å². The molecule has 2 unspecified atom stereocenters. The zero-order valence-electron chi connectivity index (χ0n) is 11.7. The van der Waals surface area contributed by atoms with Gasteiger partial charge in [0.05, 0.1) is 12.2 Å². The van der Waals surface area contributed by atoms with Crippen LogP contribution in [0.5, 0.6) is 0 Å². The number of nitrogens with zero attached hydrogens (tertiary/aromatic N) is 2. The molecule has 0 saturated carbocycles. The van der Waals surface area contributed by atoms with Crippen molar-refractivity contribution >= 4 is 0 Å². The minimum atomic E-state index is 0.141. The molecular formula is C12H28N2O2. The van der Waals surface area contributed by atoms with Gasteiger partial charge in [0.2, 0.25) is 0 Å². The fraction of sp³-hybridized carbons (Fsp3) is 1.00. The van der Waals surface area contributed by atoms with Crippen LogP contribution in [0.2, 0.25) is 0 Å². The van der Waals surface area contributed by atoms with Gasteiger partial charge in [-0.05, 0) is 42.0 Å². The van der Waals surface area contributed by atoms with Gasteiger partial charge in [0, 0.05) is 26.3 Å². The maximum Gasteiger partial charge on any atom is 0.0975 e. The molecule has 0 bridgehead atoms. The first-order valence-electron chi connectivity index (χ1n) is 6.03. The molecule has 0 N–H and O–H groups in total. The Hall–Kier alpha value is -0.160. The zero-order chi connectivity index (χ0) is 12.6. The molecule has 98 valence electrons. The summed E-state index contributed by atoms with van der Waals surface area (Å²) in [6, 6.07) is 0. The molecule has 0 aliphatic heterocycles. The normalized spacial score (nSPS) is 15.8. The van der Waals surface area contributed by atoms with Gasteiger partial charge in [-0.25, -0.2) is 0 Å². The summed E-state index contributed by atoms with van der Waals surface area (Å²) in [5.41, 5.74) is 0. The molecule has 0 amide bonds. The first kappa shape index (κ1) is 15.8. The Morgan fingerprint density at radius 1 is 0.750 bits per heavy atom. The average molecular weight is 232 g/mol. The van der Waals surface area contributed by atoms with Crippen molar-refractivity contribution in [3.63, 3.8) is 0 Å². The van der Waals surface area contributed by atoms with E-state index in [4.69, 9.17) is 9.47 Å². The van der Waals surface area contributed by atoms with Crippen molar-refractivity contribution in [1.82, 2.24) is 9.80 Å². The molecule has 0 heterocycles. The summed E-state index contributed by atoms with van der Waals surface area (Å²) in [6.45, 7) is 7.31. The second-order valence-electron chi connectivity index (χ2n) is 4.51. The lowest BCUT2D eigenvalue weighted by Gasteiger charge is -2.30. The van der Waals surface area contributed by atoms with E-state index in [1.54, 1.807) is 0 Å². The van der Waals surface area contributed by atoms with E-state index in [0.717, 1.165) is 26.3 Å². The van der Waals surface area contributed by atoms with Crippen LogP contribution in [-0.4, -0.2) is 76.5 Å². The number of hydrogen-bond donors (Lipinski definition) is 0. The van der Waals surface area contributed by atoms with Crippen LogP contribution >= 0.6 is 0 Å². The molecule has 2 atom stereocenters. The van der Waals surface area contributed by atoms with E-state index >= 15 is 0 Å². The standard InChI is InChI=1S/C12H28N2O2/c1-7-15-11(9-13(3)4)12(16-8-2)10-14(5)6/h11-12H,7-10H2,1-6H3. The molecule has 0 aromatic heterocycles. The molecule has 0 aromatic carbocycles. The second kappa shape index (κ2) is 8.93. The van der Waals surface area contributed by atoms with Crippen LogP contribution in [0.4, 0.5) is 0 Å². The monoisotopic (exact) mass is 232 g/mol. The quantitative estimate of drug-likeness (QED) is 0.590. The van der Waals surface area contributed by atoms with E-state index in [0.29, 0.717) is 0 Å². The Morgan fingerprint density at radius 3 is 1.25 bits per heavy atom. The van der Waals surface area contributed by atoms with Gasteiger partial charge in [-0.1, -0.05) is 0 Å². The van der Waals surface area contributed by atoms with E-state index in [2.05, 4.69) is 38.0 Å². The highest BCUT2D eigenvalue weighted by Gasteiger charge is 2.23. The van der Waals surface area contributed by atoms with Gasteiger partial charge >= 0.3 is 0 Å². The van der Waals surface area contributed by atoms with Crippen molar-refractivity contribution in [2.75, 3.05) is 54.5 Å². The van der Waals surface area contributed by atoms with Gasteiger partial charge in [-0.2, -0.15) is 0 Å². The van der Waals surface area contributed by atoms with Crippen LogP contribution in [0, 0.1) is 0 Å². The third-order valence-electron chi connectivity index (χ3n) is 2.27. The predicted octanol–water partition coefficient (Wildman–Crippen LogP) is 0.920. The van der Waals surface area contributed by atoms with E-state index in [-0.39, 0.29) is 12.2 Å². The summed E-state index contributed by atoms with van der Waals surface area (Å²) in [5.74, 6) is 0. The summed E-state index contributed by atoms with van der Waals surface area (Å²) in [7, 11) is 8.24. The Balaban J connectivity index is 4.37. The van der Waals surface area contributed by atoms with E-state index in [1.807, 2.05) is 13.8 Å². The van der Waals surface area contributed by atoms with Crippen molar-refractivity contribution < 1.29 is 9.47 Å². The molecule has 0 aromatic rings. The van der Waals surface area contributed by atoms with E-state index < -0.39 is 0 Å². The molecule has 0 spiro atoms. The first-order chi connectivity index (χ1) is 7.51. The Morgan fingerprint density at radius 2 is 1.06 bits per heavy atom. The average Bonchev–Trinajstić information content (AvgIpc) is 2.15. The van der Waals surface area contributed by atoms with Crippen LogP contribution in [0.1, 0.15) is 13.8 Å². The number of likely N-dealkylation sites (N-methyl/N-ethyl adjacent to an activating group) is 2. The van der Waals surface area contributed by atoms with Crippen LogP contribution in [0.3, 0.4) is 0 Å². The van der Waals surface area contributed by atoms with Gasteiger partial charge in [-0.15, -0.1) is 0 Å². The molecule has 0 saturated heterocycles. The summed E-state index contributed by atoms with van der Waals surface area (Å²) >= 11 is 0. The lowest BCUT2D eigenvalue weighted by Crippen LogP contribution is -2.45. The van der Waals surface area contributed by atoms with Crippen molar-refractivity contribution in [2.45, 2.75) is 26.1 Å². The first-order valence-corrected chi connectivity index (χ1v) is 6.03. The maximum atomic E-state index is 5.78. The van der Waals surface area contributed by atoms with E-state index in [1.165, 1.54) is 0 Å². The summed E-state index contributed by atoms with van der Waals surface area (Å²) in [4.78, 5) is 4.28. The van der Waals surface area contributed by atoms with Crippen molar-refractivity contribution in [3.05, 3.63) is 0 Å². The Bertz CT molecular complexity index is 145. The largest absolute Gasteiger partial charge is 0.374 e. The summed E-state index contributed by atoms with van der Waals surface area (Å²) < 4.78 is 11.6. The van der Waals surface area contributed by atoms with Crippen LogP contribution < -0.4 is 0 Å². The molecule has 0 aliphatic rings. The third kappa shape index (κ3) is 7.17. The molecule has 16 heavy (non-hydrogen) atoms. The molecule has 0 fully saturated rings. The minimum Gasteiger partial charge on any atom is -0.374 e. The highest BCUT2D eigenvalue weighted by atomic mass is 16.5. The smallest absolute Gasteiger partial charge is 0.0975 e. The fourth-order valence-electron chi connectivity index (χ4n) is 1.70. The molecule has 0 radical (unpaired) electrons. The Kier molecular flexibility index (Phi) is 8.84. The maximum absolute atomic E-state index is 5.78. The summed E-state index contributed by atoms with van der Waals surface area (Å²) in [6.07, 6.45) is 0.282. The SMILES string of the molecule is CCOC(CN(C)C)C(CN(C)C)OCC. The van der Waals surface area contributed by atoms with Crippen molar-refractivity contribution in [1.29, 1.82) is 0 Å². The van der Waals surface area contributed by atoms with Gasteiger partial charge in [0.15, 0.2) is 0 Å². The molecule has 4 nitrogen and oxygen atoms in total. The van der Waals surface area contributed by atoms with Gasteiger partial charge in [0.1, 0.15) is 0 Å². The third-order valence-corrected chi connectivity index (χ3v) is 2.27. The molecule has 0 aliphatic carbocycles. The highest BCUT2D eigenvalue weighted by molar-refractivity contribution is 4.75. The Labute approximate surface area is 101 Å². The number of hydrogen-bond acceptors (Lipinski definition) is 4. The van der Waals surface area contributed by atoms with Crippen LogP contribution in [0.15, 0.2) is 0 Å². The van der Waals surface area contributed by atoms with Crippen molar-refractivity contribution in [2.24, 2.45) is 0 Å². The van der Waals surface area contributed by atoms with E-state index in [9.17, 15) is 0 Å². The highest BCUT2D eigenvalue weighted by Crippen LogP contribution is 2.07. The summed E-state index contributed by atoms with van der Waals surface area (Å²) in [5, 5.41) is 0. The second-order valence-corrected chi connectivity index (χ2v) is 4.51. The molecular weight excluding hydrogens is 204 g/mol. The minimum absolute atomic E-state index is 0.141. The van der Waals surface area contributed by atoms with Gasteiger partial charge in [-0.3, -0.25) is 0 Å². The van der Waals surface area contributed by atoms with Crippen molar-refractivity contribution in [3.8, 4) is 0 Å². The predicted molar refractivity (Wildman–Crippen MR) is 67.9 cm³/mol. The number of rotatable bonds is 9. The molecule has 0 rings (SSSR count). The van der Waals surface area contributed by atoms with Gasteiger partial charge in [0.25, 0.3) is 0 Å². The molecule has 4 heteroatoms. The fourth-order valence-corrected chi connectivity index (χ4v) is 1.70. The lowest BCUT2D eigenvalue weighted by atomic mass is 10.2. The number of ether oxygens (including phenoxy) is 2. The zero-order valence-corrected chi connectivity index (χ0v) is 11.7. The lowest BCUT2D eigenvalue weighted by molar-refractivity contribution is -0.0817. The topological polar surface area (TPSA) is 24.9 Å². The van der Waals surface area contributed by atoms with Crippen LogP contribution in [0.25, 0.3) is 0 Å².